The van der Waals surface area contributed by atoms with Crippen LogP contribution in [0.3, 0.4) is 0 Å². The Bertz CT molecular complexity index is 1220. The van der Waals surface area contributed by atoms with Gasteiger partial charge in [-0.15, -0.1) is 0 Å². The number of ketones is 2. The van der Waals surface area contributed by atoms with Crippen LogP contribution >= 0.6 is 0 Å². The minimum atomic E-state index is -0.311. The van der Waals surface area contributed by atoms with E-state index in [9.17, 15) is 9.59 Å². The van der Waals surface area contributed by atoms with Gasteiger partial charge in [-0.3, -0.25) is 9.59 Å². The fourth-order valence-corrected chi connectivity index (χ4v) is 4.65. The molecule has 38 heavy (non-hydrogen) atoms. The van der Waals surface area contributed by atoms with Crippen LogP contribution in [0.5, 0.6) is 5.75 Å². The molecule has 0 aliphatic rings. The van der Waals surface area contributed by atoms with Gasteiger partial charge in [-0.05, 0) is 51.9 Å². The summed E-state index contributed by atoms with van der Waals surface area (Å²) in [6, 6.07) is 20.7. The lowest BCUT2D eigenvalue weighted by Crippen LogP contribution is -2.25. The maximum absolute atomic E-state index is 12.4. The highest BCUT2D eigenvalue weighted by Crippen LogP contribution is 2.30. The number of rotatable bonds is 7. The van der Waals surface area contributed by atoms with Crippen LogP contribution < -0.4 is 4.74 Å². The number of Topliss-reactive ketones (excluding diaryl/α,β-unsaturated/α-hetero) is 2. The van der Waals surface area contributed by atoms with E-state index < -0.39 is 0 Å². The number of hydrogen-bond acceptors (Lipinski definition) is 3. The molecule has 0 N–H and O–H groups in total. The Labute approximate surface area is 231 Å². The fraction of sp³-hybridized carbons (Fsp3) is 0.486. The summed E-state index contributed by atoms with van der Waals surface area (Å²) in [4.78, 5) is 24.6. The molecule has 0 amide bonds. The molecule has 3 aromatic carbocycles. The highest BCUT2D eigenvalue weighted by atomic mass is 16.5. The molecule has 2 atom stereocenters. The number of fused-ring (bicyclic) bond motifs is 1. The Kier molecular flexibility index (Phi) is 10.5. The third kappa shape index (κ3) is 8.55. The van der Waals surface area contributed by atoms with E-state index in [1.165, 1.54) is 5.56 Å². The van der Waals surface area contributed by atoms with Crippen molar-refractivity contribution >= 4 is 22.3 Å². The Balaban J connectivity index is 0.000000269. The summed E-state index contributed by atoms with van der Waals surface area (Å²) in [7, 11) is 1.67. The number of hydrogen-bond donors (Lipinski definition) is 0. The lowest BCUT2D eigenvalue weighted by atomic mass is 9.80. The third-order valence-electron chi connectivity index (χ3n) is 6.96. The van der Waals surface area contributed by atoms with E-state index in [0.29, 0.717) is 11.7 Å². The number of carbonyl (C=O) groups is 2. The Morgan fingerprint density at radius 3 is 1.58 bits per heavy atom. The summed E-state index contributed by atoms with van der Waals surface area (Å²) in [5.41, 5.74) is 2.97. The summed E-state index contributed by atoms with van der Waals surface area (Å²) in [5.74, 6) is 2.00. The number of methoxy groups -OCH3 is 1. The van der Waals surface area contributed by atoms with Gasteiger partial charge in [-0.2, -0.15) is 0 Å². The highest BCUT2D eigenvalue weighted by Gasteiger charge is 2.28. The van der Waals surface area contributed by atoms with Crippen LogP contribution in [0.1, 0.15) is 97.8 Å². The van der Waals surface area contributed by atoms with Crippen molar-refractivity contribution in [3.63, 3.8) is 0 Å². The zero-order chi connectivity index (χ0) is 28.8. The van der Waals surface area contributed by atoms with Crippen LogP contribution in [0.25, 0.3) is 10.8 Å². The van der Waals surface area contributed by atoms with Crippen LogP contribution in [0.4, 0.5) is 0 Å². The molecule has 3 rings (SSSR count). The largest absolute Gasteiger partial charge is 0.497 e. The highest BCUT2D eigenvalue weighted by molar-refractivity contribution is 5.92. The minimum absolute atomic E-state index is 0.0156. The third-order valence-corrected chi connectivity index (χ3v) is 6.96. The predicted octanol–water partition coefficient (Wildman–Crippen LogP) is 9.17. The summed E-state index contributed by atoms with van der Waals surface area (Å²) in [6.07, 6.45) is 1.10. The van der Waals surface area contributed by atoms with Crippen LogP contribution in [-0.4, -0.2) is 18.7 Å². The van der Waals surface area contributed by atoms with Gasteiger partial charge in [0.1, 0.15) is 17.3 Å². The number of carbonyl (C=O) groups excluding carboxylic acids is 2. The maximum atomic E-state index is 12.4. The Hall–Kier alpha value is -2.94. The Morgan fingerprint density at radius 2 is 1.11 bits per heavy atom. The van der Waals surface area contributed by atoms with Gasteiger partial charge in [-0.1, -0.05) is 118 Å². The molecule has 0 radical (unpaired) electrons. The molecular weight excluding hydrogens is 468 g/mol. The molecule has 0 aliphatic carbocycles. The van der Waals surface area contributed by atoms with Gasteiger partial charge in [0, 0.05) is 22.7 Å². The first kappa shape index (κ1) is 31.3. The van der Waals surface area contributed by atoms with E-state index in [0.717, 1.165) is 34.1 Å². The van der Waals surface area contributed by atoms with Crippen molar-refractivity contribution < 1.29 is 14.3 Å². The van der Waals surface area contributed by atoms with Crippen LogP contribution in [-0.2, 0) is 16.0 Å². The molecule has 0 spiro atoms. The standard InChI is InChI=1S/C18H22O2.C17H26O/c1-12(17(19)18(2,3)4)13-6-7-15-11-16(20-5)9-8-14(15)10-13;1-12(2)11-14-7-9-15(10-8-14)13(3)16(18)17(4,5)6/h6-12H,1-5H3;7-10,12-13H,11H2,1-6H3/t12-;/m0./s1. The van der Waals surface area contributed by atoms with Crippen molar-refractivity contribution in [2.24, 2.45) is 16.7 Å². The van der Waals surface area contributed by atoms with E-state index in [-0.39, 0.29) is 28.4 Å². The van der Waals surface area contributed by atoms with Gasteiger partial charge in [0.15, 0.2) is 0 Å². The fourth-order valence-electron chi connectivity index (χ4n) is 4.65. The molecule has 0 fully saturated rings. The second kappa shape index (κ2) is 12.7. The van der Waals surface area contributed by atoms with E-state index in [1.807, 2.05) is 79.7 Å². The van der Waals surface area contributed by atoms with E-state index in [1.54, 1.807) is 7.11 Å². The van der Waals surface area contributed by atoms with Gasteiger partial charge in [0.05, 0.1) is 7.11 Å². The molecule has 0 aliphatic heterocycles. The average molecular weight is 517 g/mol. The molecule has 3 nitrogen and oxygen atoms in total. The smallest absolute Gasteiger partial charge is 0.145 e. The number of benzene rings is 3. The van der Waals surface area contributed by atoms with Crippen molar-refractivity contribution in [2.45, 2.75) is 87.5 Å². The van der Waals surface area contributed by atoms with Crippen LogP contribution in [0, 0.1) is 16.7 Å². The molecule has 3 aromatic rings. The van der Waals surface area contributed by atoms with Crippen LogP contribution in [0.15, 0.2) is 60.7 Å². The quantitative estimate of drug-likeness (QED) is 0.314. The van der Waals surface area contributed by atoms with Crippen molar-refractivity contribution in [2.75, 3.05) is 7.11 Å². The molecule has 206 valence electrons. The van der Waals surface area contributed by atoms with Gasteiger partial charge in [0.2, 0.25) is 0 Å². The molecule has 0 saturated carbocycles. The van der Waals surface area contributed by atoms with Crippen molar-refractivity contribution in [1.82, 2.24) is 0 Å². The lowest BCUT2D eigenvalue weighted by molar-refractivity contribution is -0.128. The predicted molar refractivity (Wildman–Crippen MR) is 161 cm³/mol. The van der Waals surface area contributed by atoms with Gasteiger partial charge >= 0.3 is 0 Å². The normalized spacial score (nSPS) is 13.5. The van der Waals surface area contributed by atoms with Gasteiger partial charge < -0.3 is 4.74 Å². The summed E-state index contributed by atoms with van der Waals surface area (Å²) in [6.45, 7) is 20.3. The number of ether oxygens (including phenoxy) is 1. The zero-order valence-corrected chi connectivity index (χ0v) is 25.4. The van der Waals surface area contributed by atoms with Crippen molar-refractivity contribution in [1.29, 1.82) is 0 Å². The minimum Gasteiger partial charge on any atom is -0.497 e. The first-order valence-corrected chi connectivity index (χ1v) is 13.8. The molecule has 0 heterocycles. The van der Waals surface area contributed by atoms with E-state index in [2.05, 4.69) is 50.2 Å². The SMILES string of the molecule is CC(C)Cc1ccc(C(C)C(=O)C(C)(C)C)cc1.COc1ccc2cc([C@H](C)C(=O)C(C)(C)C)ccc2c1. The monoisotopic (exact) mass is 516 g/mol. The van der Waals surface area contributed by atoms with Gasteiger partial charge in [-0.25, -0.2) is 0 Å². The second-order valence-corrected chi connectivity index (χ2v) is 13.0. The molecule has 0 saturated heterocycles. The molecular formula is C35H48O3. The Morgan fingerprint density at radius 1 is 0.658 bits per heavy atom. The topological polar surface area (TPSA) is 43.4 Å². The van der Waals surface area contributed by atoms with Crippen molar-refractivity contribution in [3.8, 4) is 5.75 Å². The molecule has 1 unspecified atom stereocenters. The molecule has 0 bridgehead atoms. The lowest BCUT2D eigenvalue weighted by Gasteiger charge is -2.22. The van der Waals surface area contributed by atoms with E-state index in [4.69, 9.17) is 4.74 Å². The second-order valence-electron chi connectivity index (χ2n) is 13.0. The van der Waals surface area contributed by atoms with Crippen LogP contribution in [0.2, 0.25) is 0 Å². The maximum Gasteiger partial charge on any atom is 0.145 e. The first-order chi connectivity index (χ1) is 17.5. The average Bonchev–Trinajstić information content (AvgIpc) is 2.85. The zero-order valence-electron chi connectivity index (χ0n) is 25.4. The van der Waals surface area contributed by atoms with E-state index >= 15 is 0 Å². The molecule has 0 aromatic heterocycles. The summed E-state index contributed by atoms with van der Waals surface area (Å²) < 4.78 is 5.23. The molecule has 3 heteroatoms. The van der Waals surface area contributed by atoms with Crippen molar-refractivity contribution in [3.05, 3.63) is 77.4 Å². The summed E-state index contributed by atoms with van der Waals surface area (Å²) in [5, 5.41) is 2.26. The first-order valence-electron chi connectivity index (χ1n) is 13.8. The van der Waals surface area contributed by atoms with Gasteiger partial charge in [0.25, 0.3) is 0 Å². The summed E-state index contributed by atoms with van der Waals surface area (Å²) >= 11 is 0.